The van der Waals surface area contributed by atoms with E-state index in [9.17, 15) is 0 Å². The summed E-state index contributed by atoms with van der Waals surface area (Å²) in [6.45, 7) is 6.09. The van der Waals surface area contributed by atoms with Crippen molar-refractivity contribution in [2.24, 2.45) is 5.73 Å². The molecule has 2 atom stereocenters. The van der Waals surface area contributed by atoms with Crippen LogP contribution in [0.1, 0.15) is 25.5 Å². The lowest BCUT2D eigenvalue weighted by molar-refractivity contribution is 0.0910. The normalized spacial score (nSPS) is 14.4. The highest BCUT2D eigenvalue weighted by Gasteiger charge is 2.20. The zero-order chi connectivity index (χ0) is 14.3. The van der Waals surface area contributed by atoms with Gasteiger partial charge in [0.05, 0.1) is 13.2 Å². The van der Waals surface area contributed by atoms with Gasteiger partial charge in [0.2, 0.25) is 0 Å². The molecule has 4 heteroatoms. The van der Waals surface area contributed by atoms with Crippen molar-refractivity contribution >= 4 is 0 Å². The van der Waals surface area contributed by atoms with Crippen LogP contribution in [-0.4, -0.2) is 44.9 Å². The number of methoxy groups -OCH3 is 1. The zero-order valence-corrected chi connectivity index (χ0v) is 12.4. The van der Waals surface area contributed by atoms with Crippen molar-refractivity contribution in [2.45, 2.75) is 25.9 Å². The summed E-state index contributed by atoms with van der Waals surface area (Å²) in [5.74, 6) is 0.898. The molecule has 1 aromatic rings. The standard InChI is InChI=1S/C15H26N2O2/c1-5-19-14-8-6-13(7-9-14)15(10-16)17(3)12(2)11-18-4/h6-9,12,15H,5,10-11,16H2,1-4H3. The molecule has 0 aliphatic heterocycles. The van der Waals surface area contributed by atoms with Crippen LogP contribution in [-0.2, 0) is 4.74 Å². The summed E-state index contributed by atoms with van der Waals surface area (Å²) < 4.78 is 10.7. The zero-order valence-electron chi connectivity index (χ0n) is 12.4. The van der Waals surface area contributed by atoms with Crippen molar-refractivity contribution in [2.75, 3.05) is 33.9 Å². The van der Waals surface area contributed by atoms with Crippen LogP contribution in [0, 0.1) is 0 Å². The maximum absolute atomic E-state index is 5.92. The average Bonchev–Trinajstić information content (AvgIpc) is 2.42. The molecule has 0 saturated carbocycles. The highest BCUT2D eigenvalue weighted by molar-refractivity contribution is 5.29. The van der Waals surface area contributed by atoms with E-state index in [4.69, 9.17) is 15.2 Å². The van der Waals surface area contributed by atoms with Crippen LogP contribution in [0.15, 0.2) is 24.3 Å². The van der Waals surface area contributed by atoms with Crippen LogP contribution in [0.2, 0.25) is 0 Å². The minimum Gasteiger partial charge on any atom is -0.494 e. The lowest BCUT2D eigenvalue weighted by Crippen LogP contribution is -2.39. The molecule has 0 aliphatic carbocycles. The number of rotatable bonds is 8. The molecule has 0 aromatic heterocycles. The van der Waals surface area contributed by atoms with Crippen LogP contribution >= 0.6 is 0 Å². The monoisotopic (exact) mass is 266 g/mol. The number of ether oxygens (including phenoxy) is 2. The molecular formula is C15H26N2O2. The van der Waals surface area contributed by atoms with Crippen molar-refractivity contribution in [3.05, 3.63) is 29.8 Å². The highest BCUT2D eigenvalue weighted by atomic mass is 16.5. The molecule has 0 saturated heterocycles. The maximum atomic E-state index is 5.92. The predicted octanol–water partition coefficient (Wildman–Crippen LogP) is 2.05. The van der Waals surface area contributed by atoms with E-state index in [1.165, 1.54) is 5.56 Å². The first-order chi connectivity index (χ1) is 9.13. The molecule has 1 aromatic carbocycles. The van der Waals surface area contributed by atoms with Gasteiger partial charge in [0.25, 0.3) is 0 Å². The third-order valence-corrected chi connectivity index (χ3v) is 3.39. The van der Waals surface area contributed by atoms with Gasteiger partial charge in [-0.05, 0) is 38.6 Å². The van der Waals surface area contributed by atoms with E-state index in [-0.39, 0.29) is 6.04 Å². The second-order valence-electron chi connectivity index (χ2n) is 4.72. The van der Waals surface area contributed by atoms with Gasteiger partial charge >= 0.3 is 0 Å². The fraction of sp³-hybridized carbons (Fsp3) is 0.600. The average molecular weight is 266 g/mol. The molecule has 0 amide bonds. The van der Waals surface area contributed by atoms with Crippen LogP contribution in [0.3, 0.4) is 0 Å². The van der Waals surface area contributed by atoms with E-state index in [0.29, 0.717) is 25.8 Å². The predicted molar refractivity (Wildman–Crippen MR) is 78.5 cm³/mol. The minimum absolute atomic E-state index is 0.195. The fourth-order valence-electron chi connectivity index (χ4n) is 2.16. The fourth-order valence-corrected chi connectivity index (χ4v) is 2.16. The second kappa shape index (κ2) is 8.15. The van der Waals surface area contributed by atoms with Crippen molar-refractivity contribution in [3.8, 4) is 5.75 Å². The topological polar surface area (TPSA) is 47.7 Å². The van der Waals surface area contributed by atoms with Gasteiger partial charge in [-0.2, -0.15) is 0 Å². The summed E-state index contributed by atoms with van der Waals surface area (Å²) in [6, 6.07) is 8.68. The molecule has 0 aliphatic rings. The third kappa shape index (κ3) is 4.49. The van der Waals surface area contributed by atoms with Crippen LogP contribution in [0.25, 0.3) is 0 Å². The molecule has 2 unspecified atom stereocenters. The van der Waals surface area contributed by atoms with Gasteiger partial charge in [0.15, 0.2) is 0 Å². The van der Waals surface area contributed by atoms with Gasteiger partial charge < -0.3 is 15.2 Å². The molecule has 1 rings (SSSR count). The van der Waals surface area contributed by atoms with E-state index in [2.05, 4.69) is 31.0 Å². The van der Waals surface area contributed by atoms with Gasteiger partial charge in [0, 0.05) is 25.7 Å². The van der Waals surface area contributed by atoms with Crippen molar-refractivity contribution in [3.63, 3.8) is 0 Å². The van der Waals surface area contributed by atoms with Crippen LogP contribution < -0.4 is 10.5 Å². The molecule has 108 valence electrons. The lowest BCUT2D eigenvalue weighted by Gasteiger charge is -2.32. The van der Waals surface area contributed by atoms with Gasteiger partial charge in [0.1, 0.15) is 5.75 Å². The SMILES string of the molecule is CCOc1ccc(C(CN)N(C)C(C)COC)cc1. The molecule has 0 spiro atoms. The van der Waals surface area contributed by atoms with E-state index < -0.39 is 0 Å². The summed E-state index contributed by atoms with van der Waals surface area (Å²) in [6.07, 6.45) is 0. The van der Waals surface area contributed by atoms with Crippen molar-refractivity contribution in [1.29, 1.82) is 0 Å². The Morgan fingerprint density at radius 2 is 1.89 bits per heavy atom. The largest absolute Gasteiger partial charge is 0.494 e. The molecular weight excluding hydrogens is 240 g/mol. The number of hydrogen-bond donors (Lipinski definition) is 1. The van der Waals surface area contributed by atoms with Crippen LogP contribution in [0.4, 0.5) is 0 Å². The van der Waals surface area contributed by atoms with Gasteiger partial charge in [-0.1, -0.05) is 12.1 Å². The van der Waals surface area contributed by atoms with Gasteiger partial charge in [-0.25, -0.2) is 0 Å². The Bertz CT molecular complexity index is 354. The molecule has 19 heavy (non-hydrogen) atoms. The first kappa shape index (κ1) is 16.0. The summed E-state index contributed by atoms with van der Waals surface area (Å²) in [7, 11) is 3.80. The van der Waals surface area contributed by atoms with Crippen molar-refractivity contribution in [1.82, 2.24) is 4.90 Å². The molecule has 4 nitrogen and oxygen atoms in total. The lowest BCUT2D eigenvalue weighted by atomic mass is 10.0. The van der Waals surface area contributed by atoms with Crippen molar-refractivity contribution < 1.29 is 9.47 Å². The van der Waals surface area contributed by atoms with E-state index in [1.54, 1.807) is 7.11 Å². The molecule has 0 fully saturated rings. The van der Waals surface area contributed by atoms with E-state index in [1.807, 2.05) is 19.1 Å². The number of benzene rings is 1. The van der Waals surface area contributed by atoms with Crippen LogP contribution in [0.5, 0.6) is 5.75 Å². The third-order valence-electron chi connectivity index (χ3n) is 3.39. The summed E-state index contributed by atoms with van der Waals surface area (Å²) in [5, 5.41) is 0. The molecule has 0 radical (unpaired) electrons. The number of nitrogens with zero attached hydrogens (tertiary/aromatic N) is 1. The summed E-state index contributed by atoms with van der Waals surface area (Å²) >= 11 is 0. The Hall–Kier alpha value is -1.10. The summed E-state index contributed by atoms with van der Waals surface area (Å²) in [5.41, 5.74) is 7.13. The molecule has 2 N–H and O–H groups in total. The Balaban J connectivity index is 2.78. The minimum atomic E-state index is 0.195. The van der Waals surface area contributed by atoms with E-state index in [0.717, 1.165) is 5.75 Å². The number of likely N-dealkylation sites (N-methyl/N-ethyl adjacent to an activating group) is 1. The Morgan fingerprint density at radius 1 is 1.26 bits per heavy atom. The first-order valence-corrected chi connectivity index (χ1v) is 6.77. The Labute approximate surface area is 116 Å². The van der Waals surface area contributed by atoms with E-state index >= 15 is 0 Å². The van der Waals surface area contributed by atoms with Gasteiger partial charge in [-0.15, -0.1) is 0 Å². The Morgan fingerprint density at radius 3 is 2.37 bits per heavy atom. The summed E-state index contributed by atoms with van der Waals surface area (Å²) in [4.78, 5) is 2.25. The smallest absolute Gasteiger partial charge is 0.119 e. The van der Waals surface area contributed by atoms with Gasteiger partial charge in [-0.3, -0.25) is 4.90 Å². The molecule has 0 bridgehead atoms. The quantitative estimate of drug-likeness (QED) is 0.782. The maximum Gasteiger partial charge on any atom is 0.119 e. The molecule has 0 heterocycles. The highest BCUT2D eigenvalue weighted by Crippen LogP contribution is 2.23. The first-order valence-electron chi connectivity index (χ1n) is 6.77. The Kier molecular flexibility index (Phi) is 6.84. The number of hydrogen-bond acceptors (Lipinski definition) is 4. The second-order valence-corrected chi connectivity index (χ2v) is 4.72. The number of nitrogens with two attached hydrogens (primary N) is 1.